The first-order valence-corrected chi connectivity index (χ1v) is 5.72. The van der Waals surface area contributed by atoms with E-state index in [1.165, 1.54) is 0 Å². The van der Waals surface area contributed by atoms with Crippen LogP contribution in [0.25, 0.3) is 0 Å². The highest BCUT2D eigenvalue weighted by atomic mass is 16.2. The maximum absolute atomic E-state index is 11.9. The Morgan fingerprint density at radius 3 is 2.67 bits per heavy atom. The van der Waals surface area contributed by atoms with Gasteiger partial charge < -0.3 is 10.2 Å². The average molecular weight is 241 g/mol. The predicted octanol–water partition coefficient (Wildman–Crippen LogP) is 2.75. The molecular formula is C14H15N3O. The lowest BCUT2D eigenvalue weighted by atomic mass is 10.3. The van der Waals surface area contributed by atoms with E-state index in [0.29, 0.717) is 6.54 Å². The van der Waals surface area contributed by atoms with Gasteiger partial charge in [0.25, 0.3) is 0 Å². The summed E-state index contributed by atoms with van der Waals surface area (Å²) in [4.78, 5) is 17.5. The van der Waals surface area contributed by atoms with Crippen LogP contribution in [0.1, 0.15) is 5.56 Å². The van der Waals surface area contributed by atoms with E-state index in [1.807, 2.05) is 42.5 Å². The Kier molecular flexibility index (Phi) is 3.91. The van der Waals surface area contributed by atoms with Crippen LogP contribution < -0.4 is 5.32 Å². The summed E-state index contributed by atoms with van der Waals surface area (Å²) in [6, 6.07) is 13.1. The predicted molar refractivity (Wildman–Crippen MR) is 71.2 cm³/mol. The molecule has 1 aromatic heterocycles. The molecule has 1 aromatic carbocycles. The summed E-state index contributed by atoms with van der Waals surface area (Å²) in [6.07, 6.45) is 3.47. The largest absolute Gasteiger partial charge is 0.323 e. The maximum Gasteiger partial charge on any atom is 0.321 e. The zero-order valence-electron chi connectivity index (χ0n) is 10.2. The molecule has 0 fully saturated rings. The fourth-order valence-electron chi connectivity index (χ4n) is 1.58. The van der Waals surface area contributed by atoms with Crippen LogP contribution in [0, 0.1) is 0 Å². The molecule has 0 bridgehead atoms. The van der Waals surface area contributed by atoms with Crippen molar-refractivity contribution in [1.29, 1.82) is 0 Å². The highest BCUT2D eigenvalue weighted by molar-refractivity contribution is 5.89. The Labute approximate surface area is 106 Å². The first-order chi connectivity index (χ1) is 8.75. The lowest BCUT2D eigenvalue weighted by Crippen LogP contribution is -2.30. The summed E-state index contributed by atoms with van der Waals surface area (Å²) in [7, 11) is 1.76. The molecule has 4 heteroatoms. The average Bonchev–Trinajstić information content (AvgIpc) is 2.41. The van der Waals surface area contributed by atoms with Gasteiger partial charge in [-0.15, -0.1) is 0 Å². The molecule has 2 rings (SSSR count). The first kappa shape index (κ1) is 12.1. The second-order valence-electron chi connectivity index (χ2n) is 4.01. The minimum absolute atomic E-state index is 0.134. The molecule has 0 saturated carbocycles. The van der Waals surface area contributed by atoms with E-state index >= 15 is 0 Å². The number of amides is 2. The van der Waals surface area contributed by atoms with Crippen molar-refractivity contribution in [2.75, 3.05) is 12.4 Å². The third-order valence-corrected chi connectivity index (χ3v) is 2.51. The molecule has 0 aliphatic rings. The first-order valence-electron chi connectivity index (χ1n) is 5.72. The molecule has 1 heterocycles. The zero-order chi connectivity index (χ0) is 12.8. The monoisotopic (exact) mass is 241 g/mol. The van der Waals surface area contributed by atoms with Gasteiger partial charge >= 0.3 is 6.03 Å². The zero-order valence-corrected chi connectivity index (χ0v) is 10.2. The van der Waals surface area contributed by atoms with E-state index in [1.54, 1.807) is 24.3 Å². The Balaban J connectivity index is 1.93. The number of hydrogen-bond acceptors (Lipinski definition) is 2. The van der Waals surface area contributed by atoms with E-state index in [2.05, 4.69) is 10.3 Å². The van der Waals surface area contributed by atoms with Crippen molar-refractivity contribution in [2.24, 2.45) is 0 Å². The van der Waals surface area contributed by atoms with Crippen molar-refractivity contribution < 1.29 is 4.79 Å². The number of aromatic nitrogens is 1. The van der Waals surface area contributed by atoms with Gasteiger partial charge in [0.15, 0.2) is 0 Å². The number of anilines is 1. The van der Waals surface area contributed by atoms with Crippen molar-refractivity contribution in [2.45, 2.75) is 6.54 Å². The van der Waals surface area contributed by atoms with Gasteiger partial charge in [-0.1, -0.05) is 24.3 Å². The second-order valence-corrected chi connectivity index (χ2v) is 4.01. The minimum Gasteiger partial charge on any atom is -0.323 e. The van der Waals surface area contributed by atoms with E-state index in [0.717, 1.165) is 11.3 Å². The van der Waals surface area contributed by atoms with Crippen LogP contribution in [0.4, 0.5) is 10.5 Å². The van der Waals surface area contributed by atoms with Crippen molar-refractivity contribution in [1.82, 2.24) is 9.88 Å². The van der Waals surface area contributed by atoms with Crippen molar-refractivity contribution in [3.63, 3.8) is 0 Å². The van der Waals surface area contributed by atoms with Crippen LogP contribution in [-0.4, -0.2) is 23.0 Å². The standard InChI is InChI=1S/C14H15N3O/c1-17(11-12-6-5-9-15-10-12)14(18)16-13-7-3-2-4-8-13/h2-10H,11H2,1H3,(H,16,18). The molecule has 0 saturated heterocycles. The molecule has 0 aliphatic heterocycles. The normalized spacial score (nSPS) is 9.83. The minimum atomic E-state index is -0.134. The van der Waals surface area contributed by atoms with Crippen molar-refractivity contribution >= 4 is 11.7 Å². The summed E-state index contributed by atoms with van der Waals surface area (Å²) in [5, 5.41) is 2.83. The summed E-state index contributed by atoms with van der Waals surface area (Å²) < 4.78 is 0. The Hall–Kier alpha value is -2.36. The third-order valence-electron chi connectivity index (χ3n) is 2.51. The van der Waals surface area contributed by atoms with E-state index in [9.17, 15) is 4.79 Å². The smallest absolute Gasteiger partial charge is 0.321 e. The highest BCUT2D eigenvalue weighted by Crippen LogP contribution is 2.07. The molecule has 1 N–H and O–H groups in total. The summed E-state index contributed by atoms with van der Waals surface area (Å²) in [6.45, 7) is 0.534. The molecule has 0 radical (unpaired) electrons. The summed E-state index contributed by atoms with van der Waals surface area (Å²) in [5.41, 5.74) is 1.80. The highest BCUT2D eigenvalue weighted by Gasteiger charge is 2.08. The molecule has 4 nitrogen and oxygen atoms in total. The van der Waals surface area contributed by atoms with Crippen LogP contribution in [0.5, 0.6) is 0 Å². The topological polar surface area (TPSA) is 45.2 Å². The number of rotatable bonds is 3. The lowest BCUT2D eigenvalue weighted by molar-refractivity contribution is 0.220. The van der Waals surface area contributed by atoms with Crippen LogP contribution in [0.15, 0.2) is 54.9 Å². The molecule has 0 spiro atoms. The van der Waals surface area contributed by atoms with E-state index < -0.39 is 0 Å². The van der Waals surface area contributed by atoms with Gasteiger partial charge in [-0.2, -0.15) is 0 Å². The summed E-state index contributed by atoms with van der Waals surface area (Å²) >= 11 is 0. The van der Waals surface area contributed by atoms with E-state index in [-0.39, 0.29) is 6.03 Å². The van der Waals surface area contributed by atoms with Crippen LogP contribution >= 0.6 is 0 Å². The number of carbonyl (C=O) groups excluding carboxylic acids is 1. The van der Waals surface area contributed by atoms with Crippen LogP contribution in [-0.2, 0) is 6.54 Å². The van der Waals surface area contributed by atoms with Crippen LogP contribution in [0.3, 0.4) is 0 Å². The number of hydrogen-bond donors (Lipinski definition) is 1. The number of nitrogens with zero attached hydrogens (tertiary/aromatic N) is 2. The maximum atomic E-state index is 11.9. The van der Waals surface area contributed by atoms with Crippen molar-refractivity contribution in [3.05, 3.63) is 60.4 Å². The van der Waals surface area contributed by atoms with Gasteiger partial charge in [-0.25, -0.2) is 4.79 Å². The van der Waals surface area contributed by atoms with Gasteiger partial charge in [0.1, 0.15) is 0 Å². The number of para-hydroxylation sites is 1. The fourth-order valence-corrected chi connectivity index (χ4v) is 1.58. The molecule has 0 unspecified atom stereocenters. The molecule has 2 amide bonds. The number of benzene rings is 1. The van der Waals surface area contributed by atoms with Gasteiger partial charge in [-0.3, -0.25) is 4.98 Å². The number of nitrogens with one attached hydrogen (secondary N) is 1. The van der Waals surface area contributed by atoms with Crippen LogP contribution in [0.2, 0.25) is 0 Å². The number of carbonyl (C=O) groups is 1. The Bertz CT molecular complexity index is 499. The molecule has 0 aliphatic carbocycles. The van der Waals surface area contributed by atoms with Gasteiger partial charge in [0.2, 0.25) is 0 Å². The SMILES string of the molecule is CN(Cc1cccnc1)C(=O)Nc1ccccc1. The van der Waals surface area contributed by atoms with E-state index in [4.69, 9.17) is 0 Å². The van der Waals surface area contributed by atoms with Gasteiger partial charge in [0, 0.05) is 31.7 Å². The summed E-state index contributed by atoms with van der Waals surface area (Å²) in [5.74, 6) is 0. The van der Waals surface area contributed by atoms with Crippen molar-refractivity contribution in [3.8, 4) is 0 Å². The molecule has 18 heavy (non-hydrogen) atoms. The molecule has 2 aromatic rings. The number of urea groups is 1. The second kappa shape index (κ2) is 5.82. The third kappa shape index (κ3) is 3.31. The Morgan fingerprint density at radius 1 is 1.22 bits per heavy atom. The quantitative estimate of drug-likeness (QED) is 0.898. The number of pyridine rings is 1. The Morgan fingerprint density at radius 2 is 2.00 bits per heavy atom. The fraction of sp³-hybridized carbons (Fsp3) is 0.143. The van der Waals surface area contributed by atoms with Gasteiger partial charge in [-0.05, 0) is 23.8 Å². The molecular weight excluding hydrogens is 226 g/mol. The molecule has 92 valence electrons. The van der Waals surface area contributed by atoms with Gasteiger partial charge in [0.05, 0.1) is 0 Å². The molecule has 0 atom stereocenters. The lowest BCUT2D eigenvalue weighted by Gasteiger charge is -2.17.